The zero-order valence-electron chi connectivity index (χ0n) is 12.8. The Balaban J connectivity index is 2.58. The molecule has 0 amide bonds. The molecule has 1 aromatic rings. The highest BCUT2D eigenvalue weighted by Gasteiger charge is 2.10. The molecule has 0 atom stereocenters. The molecule has 0 aromatic heterocycles. The van der Waals surface area contributed by atoms with E-state index in [-0.39, 0.29) is 0 Å². The summed E-state index contributed by atoms with van der Waals surface area (Å²) < 4.78 is 11.1. The van der Waals surface area contributed by atoms with Crippen LogP contribution in [-0.4, -0.2) is 40.0 Å². The summed E-state index contributed by atoms with van der Waals surface area (Å²) in [5.41, 5.74) is 6.74. The number of para-hydroxylation sites is 2. The molecule has 0 spiro atoms. The van der Waals surface area contributed by atoms with Crippen molar-refractivity contribution in [2.24, 2.45) is 5.73 Å². The van der Waals surface area contributed by atoms with Gasteiger partial charge in [0, 0.05) is 19.7 Å². The molecule has 2 N–H and O–H groups in total. The minimum atomic E-state index is 0.697. The van der Waals surface area contributed by atoms with E-state index in [1.165, 1.54) is 6.42 Å². The number of anilines is 1. The predicted molar refractivity (Wildman–Crippen MR) is 84.6 cm³/mol. The molecule has 114 valence electrons. The first kappa shape index (κ1) is 16.8. The van der Waals surface area contributed by atoms with Crippen molar-refractivity contribution in [3.63, 3.8) is 0 Å². The Morgan fingerprint density at radius 2 is 1.90 bits per heavy atom. The summed E-state index contributed by atoms with van der Waals surface area (Å²) in [7, 11) is 1.71. The van der Waals surface area contributed by atoms with Crippen molar-refractivity contribution in [3.05, 3.63) is 24.3 Å². The zero-order valence-corrected chi connectivity index (χ0v) is 12.8. The summed E-state index contributed by atoms with van der Waals surface area (Å²) in [4.78, 5) is 2.29. The lowest BCUT2D eigenvalue weighted by atomic mass is 10.2. The maximum Gasteiger partial charge on any atom is 0.142 e. The number of unbranched alkanes of at least 4 members (excludes halogenated alkanes) is 1. The SMILES string of the molecule is CCCCOCCN(CCCN)c1ccccc1OC. The highest BCUT2D eigenvalue weighted by molar-refractivity contribution is 5.58. The molecule has 0 heterocycles. The van der Waals surface area contributed by atoms with E-state index in [1.54, 1.807) is 7.11 Å². The number of hydrogen-bond acceptors (Lipinski definition) is 4. The Morgan fingerprint density at radius 3 is 2.60 bits per heavy atom. The third kappa shape index (κ3) is 5.80. The molecule has 4 nitrogen and oxygen atoms in total. The van der Waals surface area contributed by atoms with Crippen LogP contribution < -0.4 is 15.4 Å². The van der Waals surface area contributed by atoms with Gasteiger partial charge in [-0.2, -0.15) is 0 Å². The standard InChI is InChI=1S/C16H28N2O2/c1-3-4-13-20-14-12-18(11-7-10-17)15-8-5-6-9-16(15)19-2/h5-6,8-9H,3-4,7,10-14,17H2,1-2H3. The highest BCUT2D eigenvalue weighted by atomic mass is 16.5. The van der Waals surface area contributed by atoms with Crippen LogP contribution in [0.4, 0.5) is 5.69 Å². The highest BCUT2D eigenvalue weighted by Crippen LogP contribution is 2.27. The van der Waals surface area contributed by atoms with Crippen molar-refractivity contribution in [2.45, 2.75) is 26.2 Å². The van der Waals surface area contributed by atoms with Crippen molar-refractivity contribution < 1.29 is 9.47 Å². The largest absolute Gasteiger partial charge is 0.495 e. The Bertz CT molecular complexity index is 358. The van der Waals surface area contributed by atoms with Gasteiger partial charge in [-0.25, -0.2) is 0 Å². The first-order valence-corrected chi connectivity index (χ1v) is 7.49. The van der Waals surface area contributed by atoms with Gasteiger partial charge in [0.1, 0.15) is 5.75 Å². The monoisotopic (exact) mass is 280 g/mol. The first-order chi connectivity index (χ1) is 9.83. The molecular formula is C16H28N2O2. The van der Waals surface area contributed by atoms with Gasteiger partial charge >= 0.3 is 0 Å². The summed E-state index contributed by atoms with van der Waals surface area (Å²) in [6.07, 6.45) is 3.26. The molecule has 0 aliphatic carbocycles. The molecule has 0 radical (unpaired) electrons. The van der Waals surface area contributed by atoms with E-state index in [0.717, 1.165) is 50.6 Å². The van der Waals surface area contributed by atoms with Crippen LogP contribution in [0.2, 0.25) is 0 Å². The molecule has 1 rings (SSSR count). The normalized spacial score (nSPS) is 10.6. The fourth-order valence-corrected chi connectivity index (χ4v) is 2.05. The second-order valence-corrected chi connectivity index (χ2v) is 4.77. The number of hydrogen-bond donors (Lipinski definition) is 1. The van der Waals surface area contributed by atoms with Crippen LogP contribution in [0.5, 0.6) is 5.75 Å². The van der Waals surface area contributed by atoms with Crippen LogP contribution >= 0.6 is 0 Å². The number of benzene rings is 1. The van der Waals surface area contributed by atoms with E-state index >= 15 is 0 Å². The van der Waals surface area contributed by atoms with Gasteiger partial charge in [0.2, 0.25) is 0 Å². The smallest absolute Gasteiger partial charge is 0.142 e. The molecule has 1 aromatic carbocycles. The molecule has 0 unspecified atom stereocenters. The lowest BCUT2D eigenvalue weighted by Crippen LogP contribution is -2.30. The summed E-state index contributed by atoms with van der Waals surface area (Å²) in [5.74, 6) is 0.901. The topological polar surface area (TPSA) is 47.7 Å². The van der Waals surface area contributed by atoms with Crippen molar-refractivity contribution in [1.82, 2.24) is 0 Å². The molecule has 0 aliphatic rings. The Hall–Kier alpha value is -1.26. The van der Waals surface area contributed by atoms with Crippen molar-refractivity contribution in [1.29, 1.82) is 0 Å². The third-order valence-corrected chi connectivity index (χ3v) is 3.21. The van der Waals surface area contributed by atoms with E-state index in [0.29, 0.717) is 6.54 Å². The maximum absolute atomic E-state index is 5.67. The number of nitrogens with zero attached hydrogens (tertiary/aromatic N) is 1. The fraction of sp³-hybridized carbons (Fsp3) is 0.625. The molecule has 0 saturated carbocycles. The van der Waals surface area contributed by atoms with Crippen molar-refractivity contribution >= 4 is 5.69 Å². The van der Waals surface area contributed by atoms with Gasteiger partial charge in [0.05, 0.1) is 19.4 Å². The second-order valence-electron chi connectivity index (χ2n) is 4.77. The van der Waals surface area contributed by atoms with E-state index < -0.39 is 0 Å². The van der Waals surface area contributed by atoms with Gasteiger partial charge in [-0.05, 0) is 31.5 Å². The fourth-order valence-electron chi connectivity index (χ4n) is 2.05. The molecule has 20 heavy (non-hydrogen) atoms. The minimum Gasteiger partial charge on any atom is -0.495 e. The Kier molecular flexibility index (Phi) is 8.83. The average Bonchev–Trinajstić information content (AvgIpc) is 2.50. The van der Waals surface area contributed by atoms with Crippen LogP contribution in [0.25, 0.3) is 0 Å². The van der Waals surface area contributed by atoms with Gasteiger partial charge < -0.3 is 20.1 Å². The van der Waals surface area contributed by atoms with Gasteiger partial charge in [-0.1, -0.05) is 25.5 Å². The lowest BCUT2D eigenvalue weighted by molar-refractivity contribution is 0.137. The molecule has 0 fully saturated rings. The van der Waals surface area contributed by atoms with E-state index in [4.69, 9.17) is 15.2 Å². The van der Waals surface area contributed by atoms with Crippen LogP contribution in [-0.2, 0) is 4.74 Å². The van der Waals surface area contributed by atoms with Gasteiger partial charge in [-0.3, -0.25) is 0 Å². The Morgan fingerprint density at radius 1 is 1.10 bits per heavy atom. The summed E-state index contributed by atoms with van der Waals surface area (Å²) in [6.45, 7) is 6.24. The Labute approximate surface area is 122 Å². The third-order valence-electron chi connectivity index (χ3n) is 3.21. The predicted octanol–water partition coefficient (Wildman–Crippen LogP) is 2.67. The molecule has 0 aliphatic heterocycles. The quantitative estimate of drug-likeness (QED) is 0.633. The van der Waals surface area contributed by atoms with Gasteiger partial charge in [0.25, 0.3) is 0 Å². The summed E-state index contributed by atoms with van der Waals surface area (Å²) in [5, 5.41) is 0. The molecular weight excluding hydrogens is 252 g/mol. The van der Waals surface area contributed by atoms with Gasteiger partial charge in [0.15, 0.2) is 0 Å². The molecule has 0 bridgehead atoms. The number of nitrogens with two attached hydrogens (primary N) is 1. The van der Waals surface area contributed by atoms with Gasteiger partial charge in [-0.15, -0.1) is 0 Å². The molecule has 4 heteroatoms. The number of rotatable bonds is 11. The van der Waals surface area contributed by atoms with Crippen LogP contribution in [0.3, 0.4) is 0 Å². The summed E-state index contributed by atoms with van der Waals surface area (Å²) >= 11 is 0. The number of methoxy groups -OCH3 is 1. The lowest BCUT2D eigenvalue weighted by Gasteiger charge is -2.26. The molecule has 0 saturated heterocycles. The van der Waals surface area contributed by atoms with Crippen LogP contribution in [0.1, 0.15) is 26.2 Å². The van der Waals surface area contributed by atoms with E-state index in [2.05, 4.69) is 17.9 Å². The first-order valence-electron chi connectivity index (χ1n) is 7.49. The van der Waals surface area contributed by atoms with E-state index in [9.17, 15) is 0 Å². The van der Waals surface area contributed by atoms with Crippen molar-refractivity contribution in [2.75, 3.05) is 44.9 Å². The summed E-state index contributed by atoms with van der Waals surface area (Å²) in [6, 6.07) is 8.09. The zero-order chi connectivity index (χ0) is 14.6. The second kappa shape index (κ2) is 10.5. The van der Waals surface area contributed by atoms with Crippen molar-refractivity contribution in [3.8, 4) is 5.75 Å². The number of ether oxygens (including phenoxy) is 2. The minimum absolute atomic E-state index is 0.697. The maximum atomic E-state index is 5.67. The van der Waals surface area contributed by atoms with E-state index in [1.807, 2.05) is 18.2 Å². The van der Waals surface area contributed by atoms with Crippen LogP contribution in [0.15, 0.2) is 24.3 Å². The van der Waals surface area contributed by atoms with Crippen LogP contribution in [0, 0.1) is 0 Å². The average molecular weight is 280 g/mol.